The monoisotopic (exact) mass is 418 g/mol. The minimum Gasteiger partial charge on any atom is -0.355 e. The van der Waals surface area contributed by atoms with E-state index in [0.717, 1.165) is 6.07 Å². The first-order valence-corrected chi connectivity index (χ1v) is 7.23. The van der Waals surface area contributed by atoms with E-state index in [1.807, 2.05) is 6.07 Å². The maximum absolute atomic E-state index is 12.8. The van der Waals surface area contributed by atoms with Crippen LogP contribution in [0.25, 0.3) is 0 Å². The second kappa shape index (κ2) is 6.08. The van der Waals surface area contributed by atoms with Gasteiger partial charge in [-0.1, -0.05) is 15.9 Å². The Hall–Kier alpha value is -1.52. The lowest BCUT2D eigenvalue weighted by molar-refractivity contribution is -0.138. The number of benzene rings is 2. The molecule has 1 N–H and O–H groups in total. The molecule has 0 saturated heterocycles. The molecule has 7 heteroatoms. The van der Waals surface area contributed by atoms with Crippen LogP contribution in [0, 0.1) is 11.3 Å². The average molecular weight is 420 g/mol. The van der Waals surface area contributed by atoms with Crippen LogP contribution in [0.1, 0.15) is 11.1 Å². The topological polar surface area (TPSA) is 35.8 Å². The standard InChI is InChI=1S/C14H7Br2F3N2/c15-12-4-3-9(5-11(12)14(17,18)19)21-10-2-1-8(7-20)13(16)6-10/h1-6,21H. The third-order valence-electron chi connectivity index (χ3n) is 2.65. The van der Waals surface area contributed by atoms with E-state index >= 15 is 0 Å². The van der Waals surface area contributed by atoms with Gasteiger partial charge in [0.05, 0.1) is 11.1 Å². The van der Waals surface area contributed by atoms with Gasteiger partial charge in [-0.25, -0.2) is 0 Å². The first kappa shape index (κ1) is 15.9. The molecule has 0 amide bonds. The van der Waals surface area contributed by atoms with Gasteiger partial charge in [0.2, 0.25) is 0 Å². The van der Waals surface area contributed by atoms with E-state index < -0.39 is 11.7 Å². The normalized spacial score (nSPS) is 11.0. The third-order valence-corrected chi connectivity index (χ3v) is 4.00. The molecular weight excluding hydrogens is 413 g/mol. The number of nitrogens with zero attached hydrogens (tertiary/aromatic N) is 1. The van der Waals surface area contributed by atoms with Gasteiger partial charge < -0.3 is 5.32 Å². The Morgan fingerprint density at radius 1 is 0.952 bits per heavy atom. The van der Waals surface area contributed by atoms with Crippen LogP contribution < -0.4 is 5.32 Å². The largest absolute Gasteiger partial charge is 0.417 e. The highest BCUT2D eigenvalue weighted by molar-refractivity contribution is 9.10. The molecule has 0 heterocycles. The molecule has 0 atom stereocenters. The van der Waals surface area contributed by atoms with Gasteiger partial charge >= 0.3 is 6.18 Å². The van der Waals surface area contributed by atoms with E-state index in [1.165, 1.54) is 12.1 Å². The number of halogens is 5. The van der Waals surface area contributed by atoms with Gasteiger partial charge in [0.25, 0.3) is 0 Å². The maximum Gasteiger partial charge on any atom is 0.417 e. The molecule has 2 rings (SSSR count). The van der Waals surface area contributed by atoms with Gasteiger partial charge in [0.1, 0.15) is 6.07 Å². The number of anilines is 2. The third kappa shape index (κ3) is 3.77. The molecule has 2 nitrogen and oxygen atoms in total. The number of nitrogens with one attached hydrogen (secondary N) is 1. The molecule has 2 aromatic rings. The first-order valence-electron chi connectivity index (χ1n) is 5.64. The van der Waals surface area contributed by atoms with E-state index in [2.05, 4.69) is 37.2 Å². The molecule has 0 aliphatic carbocycles. The second-order valence-electron chi connectivity index (χ2n) is 4.12. The minimum absolute atomic E-state index is 0.0124. The van der Waals surface area contributed by atoms with Crippen LogP contribution in [0.4, 0.5) is 24.5 Å². The highest BCUT2D eigenvalue weighted by Gasteiger charge is 2.33. The molecule has 0 aromatic heterocycles. The van der Waals surface area contributed by atoms with Crippen LogP contribution in [0.3, 0.4) is 0 Å². The summed E-state index contributed by atoms with van der Waals surface area (Å²) in [4.78, 5) is 0. The smallest absolute Gasteiger partial charge is 0.355 e. The van der Waals surface area contributed by atoms with Crippen LogP contribution in [-0.2, 0) is 6.18 Å². The lowest BCUT2D eigenvalue weighted by atomic mass is 10.1. The average Bonchev–Trinajstić information content (AvgIpc) is 2.40. The molecule has 108 valence electrons. The van der Waals surface area contributed by atoms with Gasteiger partial charge in [-0.15, -0.1) is 0 Å². The number of alkyl halides is 3. The summed E-state index contributed by atoms with van der Waals surface area (Å²) in [6, 6.07) is 10.7. The predicted molar refractivity (Wildman–Crippen MR) is 81.3 cm³/mol. The number of hydrogen-bond donors (Lipinski definition) is 1. The highest BCUT2D eigenvalue weighted by atomic mass is 79.9. The summed E-state index contributed by atoms with van der Waals surface area (Å²) in [6.45, 7) is 0. The zero-order valence-electron chi connectivity index (χ0n) is 10.3. The van der Waals surface area contributed by atoms with Crippen molar-refractivity contribution in [2.24, 2.45) is 0 Å². The Bertz CT molecular complexity index is 721. The lowest BCUT2D eigenvalue weighted by Crippen LogP contribution is -2.06. The zero-order valence-corrected chi connectivity index (χ0v) is 13.5. The summed E-state index contributed by atoms with van der Waals surface area (Å²) in [7, 11) is 0. The highest BCUT2D eigenvalue weighted by Crippen LogP contribution is 2.37. The van der Waals surface area contributed by atoms with Gasteiger partial charge in [-0.05, 0) is 52.3 Å². The van der Waals surface area contributed by atoms with Crippen LogP contribution in [0.15, 0.2) is 45.3 Å². The quantitative estimate of drug-likeness (QED) is 0.663. The molecule has 2 aromatic carbocycles. The fraction of sp³-hybridized carbons (Fsp3) is 0.0714. The SMILES string of the molecule is N#Cc1ccc(Nc2ccc(Br)c(C(F)(F)F)c2)cc1Br. The molecule has 0 unspecified atom stereocenters. The van der Waals surface area contributed by atoms with Crippen LogP contribution in [0.5, 0.6) is 0 Å². The minimum atomic E-state index is -4.43. The molecule has 0 fully saturated rings. The number of rotatable bonds is 2. The van der Waals surface area contributed by atoms with Crippen molar-refractivity contribution in [3.8, 4) is 6.07 Å². The lowest BCUT2D eigenvalue weighted by Gasteiger charge is -2.13. The van der Waals surface area contributed by atoms with Crippen molar-refractivity contribution >= 4 is 43.2 Å². The fourth-order valence-corrected chi connectivity index (χ4v) is 2.61. The fourth-order valence-electron chi connectivity index (χ4n) is 1.67. The van der Waals surface area contributed by atoms with E-state index in [9.17, 15) is 13.2 Å². The van der Waals surface area contributed by atoms with E-state index in [-0.39, 0.29) is 4.47 Å². The van der Waals surface area contributed by atoms with Crippen molar-refractivity contribution in [3.05, 3.63) is 56.5 Å². The van der Waals surface area contributed by atoms with Crippen molar-refractivity contribution in [1.82, 2.24) is 0 Å². The van der Waals surface area contributed by atoms with Crippen LogP contribution >= 0.6 is 31.9 Å². The van der Waals surface area contributed by atoms with Gasteiger partial charge in [-0.3, -0.25) is 0 Å². The van der Waals surface area contributed by atoms with E-state index in [1.54, 1.807) is 18.2 Å². The molecule has 0 bridgehead atoms. The zero-order chi connectivity index (χ0) is 15.6. The Labute approximate surface area is 135 Å². The summed E-state index contributed by atoms with van der Waals surface area (Å²) in [5.41, 5.74) is 0.589. The van der Waals surface area contributed by atoms with Crippen molar-refractivity contribution in [3.63, 3.8) is 0 Å². The Morgan fingerprint density at radius 3 is 2.14 bits per heavy atom. The van der Waals surface area contributed by atoms with Crippen molar-refractivity contribution < 1.29 is 13.2 Å². The Kier molecular flexibility index (Phi) is 4.59. The van der Waals surface area contributed by atoms with Crippen LogP contribution in [-0.4, -0.2) is 0 Å². The molecule has 0 radical (unpaired) electrons. The van der Waals surface area contributed by atoms with Gasteiger partial charge in [0, 0.05) is 20.3 Å². The molecule has 0 aliphatic rings. The Balaban J connectivity index is 2.33. The molecule has 21 heavy (non-hydrogen) atoms. The molecular formula is C14H7Br2F3N2. The number of hydrogen-bond acceptors (Lipinski definition) is 2. The van der Waals surface area contributed by atoms with Crippen molar-refractivity contribution in [2.45, 2.75) is 6.18 Å². The Morgan fingerprint density at radius 2 is 1.57 bits per heavy atom. The predicted octanol–water partition coefficient (Wildman–Crippen LogP) is 5.85. The van der Waals surface area contributed by atoms with Crippen LogP contribution in [0.2, 0.25) is 0 Å². The first-order chi connectivity index (χ1) is 9.81. The summed E-state index contributed by atoms with van der Waals surface area (Å²) in [5.74, 6) is 0. The van der Waals surface area contributed by atoms with Crippen molar-refractivity contribution in [1.29, 1.82) is 5.26 Å². The molecule has 0 saturated carbocycles. The van der Waals surface area contributed by atoms with E-state index in [4.69, 9.17) is 5.26 Å². The summed E-state index contributed by atoms with van der Waals surface area (Å²) in [5, 5.41) is 11.7. The van der Waals surface area contributed by atoms with Gasteiger partial charge in [-0.2, -0.15) is 18.4 Å². The molecule has 0 spiro atoms. The summed E-state index contributed by atoms with van der Waals surface area (Å²) < 4.78 is 39.0. The summed E-state index contributed by atoms with van der Waals surface area (Å²) in [6.07, 6.45) is -4.43. The number of nitriles is 1. The van der Waals surface area contributed by atoms with Crippen molar-refractivity contribution in [2.75, 3.05) is 5.32 Å². The summed E-state index contributed by atoms with van der Waals surface area (Å²) >= 11 is 6.12. The maximum atomic E-state index is 12.8. The van der Waals surface area contributed by atoms with Gasteiger partial charge in [0.15, 0.2) is 0 Å². The second-order valence-corrected chi connectivity index (χ2v) is 5.83. The van der Waals surface area contributed by atoms with E-state index in [0.29, 0.717) is 21.4 Å². The molecule has 0 aliphatic heterocycles.